The third-order valence-corrected chi connectivity index (χ3v) is 2.29. The highest BCUT2D eigenvalue weighted by atomic mass is 19.4. The van der Waals surface area contributed by atoms with Gasteiger partial charge in [-0.1, -0.05) is 6.07 Å². The number of para-hydroxylation sites is 1. The van der Waals surface area contributed by atoms with Gasteiger partial charge in [0.1, 0.15) is 12.2 Å². The van der Waals surface area contributed by atoms with E-state index in [4.69, 9.17) is 0 Å². The molecular weight excluding hydrogens is 279 g/mol. The maximum absolute atomic E-state index is 12.0. The fourth-order valence-corrected chi connectivity index (χ4v) is 1.52. The summed E-state index contributed by atoms with van der Waals surface area (Å²) >= 11 is 0. The highest BCUT2D eigenvalue weighted by molar-refractivity contribution is 6.01. The molecule has 0 atom stereocenters. The summed E-state index contributed by atoms with van der Waals surface area (Å²) in [5, 5.41) is 15.1. The van der Waals surface area contributed by atoms with Gasteiger partial charge in [0.25, 0.3) is 11.6 Å². The zero-order valence-corrected chi connectivity index (χ0v) is 10.5. The number of nitrogens with zero attached hydrogens (tertiary/aromatic N) is 1. The predicted octanol–water partition coefficient (Wildman–Crippen LogP) is 2.32. The number of hydrogen-bond donors (Lipinski definition) is 2. The minimum absolute atomic E-state index is 0.0975. The molecule has 0 spiro atoms. The van der Waals surface area contributed by atoms with Crippen LogP contribution in [0.25, 0.3) is 0 Å². The Bertz CT molecular complexity index is 517. The Labute approximate surface area is 112 Å². The lowest BCUT2D eigenvalue weighted by molar-refractivity contribution is -0.384. The summed E-state index contributed by atoms with van der Waals surface area (Å²) in [4.78, 5) is 21.8. The Morgan fingerprint density at radius 3 is 2.55 bits per heavy atom. The molecule has 1 amide bonds. The van der Waals surface area contributed by atoms with Crippen LogP contribution in [0, 0.1) is 10.1 Å². The number of hydrogen-bond acceptors (Lipinski definition) is 4. The van der Waals surface area contributed by atoms with Gasteiger partial charge in [0, 0.05) is 12.6 Å². The normalized spacial score (nSPS) is 11.0. The van der Waals surface area contributed by atoms with Crippen molar-refractivity contribution in [1.82, 2.24) is 5.32 Å². The molecule has 110 valence electrons. The Hall–Kier alpha value is -2.32. The molecule has 0 saturated heterocycles. The summed E-state index contributed by atoms with van der Waals surface area (Å²) in [5.41, 5.74) is -0.670. The van der Waals surface area contributed by atoms with E-state index < -0.39 is 23.6 Å². The lowest BCUT2D eigenvalue weighted by Gasteiger charge is -2.12. The fourth-order valence-electron chi connectivity index (χ4n) is 1.52. The molecule has 0 bridgehead atoms. The molecule has 0 radical (unpaired) electrons. The van der Waals surface area contributed by atoms with E-state index in [9.17, 15) is 28.1 Å². The van der Waals surface area contributed by atoms with E-state index in [1.165, 1.54) is 18.2 Å². The first-order chi connectivity index (χ1) is 9.26. The zero-order chi connectivity index (χ0) is 15.3. The number of carbonyl (C=O) groups excluding carboxylic acids is 1. The van der Waals surface area contributed by atoms with Crippen LogP contribution in [0.1, 0.15) is 17.3 Å². The molecule has 0 unspecified atom stereocenters. The summed E-state index contributed by atoms with van der Waals surface area (Å²) in [6, 6.07) is 3.62. The van der Waals surface area contributed by atoms with Crippen molar-refractivity contribution in [3.63, 3.8) is 0 Å². The monoisotopic (exact) mass is 291 g/mol. The van der Waals surface area contributed by atoms with Crippen molar-refractivity contribution >= 4 is 17.3 Å². The van der Waals surface area contributed by atoms with Gasteiger partial charge in [0.05, 0.1) is 10.5 Å². The lowest BCUT2D eigenvalue weighted by atomic mass is 10.1. The average molecular weight is 291 g/mol. The number of benzene rings is 1. The molecule has 0 heterocycles. The number of nitrogens with one attached hydrogen (secondary N) is 2. The number of nitro groups is 1. The highest BCUT2D eigenvalue weighted by Crippen LogP contribution is 2.28. The van der Waals surface area contributed by atoms with Crippen molar-refractivity contribution in [2.45, 2.75) is 13.1 Å². The number of carbonyl (C=O) groups is 1. The van der Waals surface area contributed by atoms with Crippen LogP contribution in [0.4, 0.5) is 24.5 Å². The van der Waals surface area contributed by atoms with Gasteiger partial charge in [0.15, 0.2) is 0 Å². The van der Waals surface area contributed by atoms with E-state index in [0.29, 0.717) is 0 Å². The van der Waals surface area contributed by atoms with Crippen LogP contribution >= 0.6 is 0 Å². The Morgan fingerprint density at radius 1 is 1.40 bits per heavy atom. The number of nitro benzene ring substituents is 1. The van der Waals surface area contributed by atoms with Crippen molar-refractivity contribution < 1.29 is 22.9 Å². The zero-order valence-electron chi connectivity index (χ0n) is 10.5. The van der Waals surface area contributed by atoms with E-state index in [1.54, 1.807) is 12.2 Å². The lowest BCUT2D eigenvalue weighted by Crippen LogP contribution is -2.34. The van der Waals surface area contributed by atoms with Crippen LogP contribution in [0.5, 0.6) is 0 Å². The fraction of sp³-hybridized carbons (Fsp3) is 0.364. The maximum atomic E-state index is 12.0. The molecule has 0 aliphatic heterocycles. The van der Waals surface area contributed by atoms with E-state index in [1.807, 2.05) is 0 Å². The minimum atomic E-state index is -4.55. The predicted molar refractivity (Wildman–Crippen MR) is 65.6 cm³/mol. The van der Waals surface area contributed by atoms with Gasteiger partial charge in [0.2, 0.25) is 0 Å². The second kappa shape index (κ2) is 6.22. The van der Waals surface area contributed by atoms with Crippen LogP contribution in [-0.4, -0.2) is 30.1 Å². The van der Waals surface area contributed by atoms with Crippen LogP contribution < -0.4 is 10.6 Å². The average Bonchev–Trinajstić information content (AvgIpc) is 2.35. The van der Waals surface area contributed by atoms with Crippen LogP contribution in [0.3, 0.4) is 0 Å². The molecule has 2 N–H and O–H groups in total. The molecule has 0 fully saturated rings. The topological polar surface area (TPSA) is 84.3 Å². The van der Waals surface area contributed by atoms with Gasteiger partial charge >= 0.3 is 6.18 Å². The smallest absolute Gasteiger partial charge is 0.379 e. The quantitative estimate of drug-likeness (QED) is 0.644. The van der Waals surface area contributed by atoms with Crippen molar-refractivity contribution in [2.75, 3.05) is 18.4 Å². The number of anilines is 1. The minimum Gasteiger partial charge on any atom is -0.379 e. The molecule has 0 saturated carbocycles. The van der Waals surface area contributed by atoms with Gasteiger partial charge < -0.3 is 10.6 Å². The van der Waals surface area contributed by atoms with Crippen LogP contribution in [-0.2, 0) is 0 Å². The van der Waals surface area contributed by atoms with Crippen LogP contribution in [0.15, 0.2) is 18.2 Å². The first-order valence-electron chi connectivity index (χ1n) is 5.62. The number of rotatable bonds is 5. The number of halogens is 3. The van der Waals surface area contributed by atoms with E-state index in [-0.39, 0.29) is 23.5 Å². The third kappa shape index (κ3) is 4.11. The Balaban J connectivity index is 3.07. The molecule has 6 nitrogen and oxygen atoms in total. The second-order valence-corrected chi connectivity index (χ2v) is 3.78. The van der Waals surface area contributed by atoms with Crippen molar-refractivity contribution in [2.24, 2.45) is 0 Å². The van der Waals surface area contributed by atoms with Crippen molar-refractivity contribution in [3.8, 4) is 0 Å². The SMILES string of the molecule is CCNc1c(C(=O)NCC(F)(F)F)cccc1[N+](=O)[O-]. The largest absolute Gasteiger partial charge is 0.405 e. The third-order valence-electron chi connectivity index (χ3n) is 2.29. The molecule has 0 aromatic heterocycles. The van der Waals surface area contributed by atoms with E-state index >= 15 is 0 Å². The second-order valence-electron chi connectivity index (χ2n) is 3.78. The summed E-state index contributed by atoms with van der Waals surface area (Å²) < 4.78 is 36.1. The molecule has 1 aromatic rings. The van der Waals surface area contributed by atoms with Gasteiger partial charge in [-0.15, -0.1) is 0 Å². The first kappa shape index (κ1) is 15.7. The number of alkyl halides is 3. The van der Waals surface area contributed by atoms with Crippen molar-refractivity contribution in [1.29, 1.82) is 0 Å². The summed E-state index contributed by atoms with van der Waals surface area (Å²) in [6.45, 7) is 0.429. The summed E-state index contributed by atoms with van der Waals surface area (Å²) in [6.07, 6.45) is -4.55. The Morgan fingerprint density at radius 2 is 2.05 bits per heavy atom. The standard InChI is InChI=1S/C11H12F3N3O3/c1-2-15-9-7(4-3-5-8(9)17(19)20)10(18)16-6-11(12,13)14/h3-5,15H,2,6H2,1H3,(H,16,18). The van der Waals surface area contributed by atoms with Crippen LogP contribution in [0.2, 0.25) is 0 Å². The highest BCUT2D eigenvalue weighted by Gasteiger charge is 2.29. The molecular formula is C11H12F3N3O3. The molecule has 20 heavy (non-hydrogen) atoms. The number of amides is 1. The summed E-state index contributed by atoms with van der Waals surface area (Å²) in [5.74, 6) is -1.03. The molecule has 1 aromatic carbocycles. The first-order valence-corrected chi connectivity index (χ1v) is 5.62. The van der Waals surface area contributed by atoms with Gasteiger partial charge in [-0.2, -0.15) is 13.2 Å². The molecule has 1 rings (SSSR count). The van der Waals surface area contributed by atoms with E-state index in [0.717, 1.165) is 0 Å². The Kier molecular flexibility index (Phi) is 4.89. The maximum Gasteiger partial charge on any atom is 0.405 e. The van der Waals surface area contributed by atoms with Gasteiger partial charge in [-0.05, 0) is 13.0 Å². The van der Waals surface area contributed by atoms with Gasteiger partial charge in [-0.3, -0.25) is 14.9 Å². The summed E-state index contributed by atoms with van der Waals surface area (Å²) in [7, 11) is 0. The molecule has 0 aliphatic carbocycles. The van der Waals surface area contributed by atoms with Crippen molar-refractivity contribution in [3.05, 3.63) is 33.9 Å². The van der Waals surface area contributed by atoms with E-state index in [2.05, 4.69) is 5.32 Å². The molecule has 9 heteroatoms. The van der Waals surface area contributed by atoms with Gasteiger partial charge in [-0.25, -0.2) is 0 Å². The molecule has 0 aliphatic rings.